The smallest absolute Gasteiger partial charge is 0.257 e. The number of aliphatic hydroxyl groups is 1. The van der Waals surface area contributed by atoms with Crippen molar-refractivity contribution in [3.63, 3.8) is 0 Å². The molecule has 1 aromatic rings. The summed E-state index contributed by atoms with van der Waals surface area (Å²) in [6.45, 7) is -0.463. The highest BCUT2D eigenvalue weighted by Gasteiger charge is 2.08. The number of nitrogens with zero attached hydrogens (tertiary/aromatic N) is 1. The molecule has 0 aromatic carbocycles. The molecule has 0 aliphatic heterocycles. The van der Waals surface area contributed by atoms with Gasteiger partial charge in [-0.25, -0.2) is 0 Å². The standard InChI is InChI=1S/C6H7FN2O2/c7-6-5(11)3(2-10)1-4(8)9-6/h1,10-11H,2H2,(H2,8,9). The molecule has 0 fully saturated rings. The lowest BCUT2D eigenvalue weighted by Gasteiger charge is -2.01. The van der Waals surface area contributed by atoms with Crippen molar-refractivity contribution >= 4 is 5.82 Å². The fourth-order valence-electron chi connectivity index (χ4n) is 0.698. The van der Waals surface area contributed by atoms with Crippen LogP contribution in [0.1, 0.15) is 5.56 Å². The number of hydrogen-bond donors (Lipinski definition) is 3. The Bertz CT molecular complexity index is 278. The van der Waals surface area contributed by atoms with E-state index < -0.39 is 18.3 Å². The third-order valence-corrected chi connectivity index (χ3v) is 1.22. The number of anilines is 1. The molecular formula is C6H7FN2O2. The van der Waals surface area contributed by atoms with Crippen molar-refractivity contribution in [2.45, 2.75) is 6.61 Å². The molecule has 4 nitrogen and oxygen atoms in total. The van der Waals surface area contributed by atoms with Gasteiger partial charge in [0.25, 0.3) is 5.95 Å². The molecule has 60 valence electrons. The van der Waals surface area contributed by atoms with E-state index in [1.165, 1.54) is 6.07 Å². The number of aromatic nitrogens is 1. The van der Waals surface area contributed by atoms with Crippen LogP contribution in [-0.4, -0.2) is 15.2 Å². The van der Waals surface area contributed by atoms with E-state index in [2.05, 4.69) is 4.98 Å². The van der Waals surface area contributed by atoms with Crippen molar-refractivity contribution in [2.75, 3.05) is 5.73 Å². The van der Waals surface area contributed by atoms with Gasteiger partial charge in [0.15, 0.2) is 5.75 Å². The van der Waals surface area contributed by atoms with Crippen LogP contribution in [-0.2, 0) is 6.61 Å². The van der Waals surface area contributed by atoms with Crippen LogP contribution in [0.15, 0.2) is 6.07 Å². The van der Waals surface area contributed by atoms with Crippen LogP contribution in [0.4, 0.5) is 10.2 Å². The lowest BCUT2D eigenvalue weighted by Crippen LogP contribution is -1.97. The summed E-state index contributed by atoms with van der Waals surface area (Å²) >= 11 is 0. The summed E-state index contributed by atoms with van der Waals surface area (Å²) in [5, 5.41) is 17.4. The Labute approximate surface area is 62.1 Å². The van der Waals surface area contributed by atoms with Crippen LogP contribution in [0.2, 0.25) is 0 Å². The second-order valence-corrected chi connectivity index (χ2v) is 2.00. The SMILES string of the molecule is Nc1cc(CO)c(O)c(F)n1. The first-order valence-corrected chi connectivity index (χ1v) is 2.90. The van der Waals surface area contributed by atoms with Crippen LogP contribution < -0.4 is 5.73 Å². The lowest BCUT2D eigenvalue weighted by molar-refractivity contribution is 0.272. The zero-order chi connectivity index (χ0) is 8.43. The van der Waals surface area contributed by atoms with Crippen LogP contribution in [0.25, 0.3) is 0 Å². The fourth-order valence-corrected chi connectivity index (χ4v) is 0.698. The van der Waals surface area contributed by atoms with Gasteiger partial charge in [0.05, 0.1) is 6.61 Å². The van der Waals surface area contributed by atoms with Gasteiger partial charge >= 0.3 is 0 Å². The van der Waals surface area contributed by atoms with E-state index in [4.69, 9.17) is 15.9 Å². The molecule has 0 saturated heterocycles. The van der Waals surface area contributed by atoms with Crippen molar-refractivity contribution in [1.29, 1.82) is 0 Å². The third-order valence-electron chi connectivity index (χ3n) is 1.22. The zero-order valence-corrected chi connectivity index (χ0v) is 5.58. The van der Waals surface area contributed by atoms with Crippen LogP contribution >= 0.6 is 0 Å². The molecule has 0 aliphatic rings. The second-order valence-electron chi connectivity index (χ2n) is 2.00. The lowest BCUT2D eigenvalue weighted by atomic mass is 10.2. The monoisotopic (exact) mass is 158 g/mol. The molecule has 1 heterocycles. The minimum atomic E-state index is -1.06. The van der Waals surface area contributed by atoms with E-state index in [0.29, 0.717) is 0 Å². The van der Waals surface area contributed by atoms with Crippen molar-refractivity contribution < 1.29 is 14.6 Å². The van der Waals surface area contributed by atoms with Gasteiger partial charge in [-0.3, -0.25) is 0 Å². The van der Waals surface area contributed by atoms with Crippen LogP contribution in [0.3, 0.4) is 0 Å². The van der Waals surface area contributed by atoms with Gasteiger partial charge in [-0.2, -0.15) is 9.37 Å². The largest absolute Gasteiger partial charge is 0.503 e. The molecule has 0 aliphatic carbocycles. The Hall–Kier alpha value is -1.36. The molecule has 0 radical (unpaired) electrons. The maximum atomic E-state index is 12.5. The second kappa shape index (κ2) is 2.71. The molecule has 5 heteroatoms. The highest BCUT2D eigenvalue weighted by Crippen LogP contribution is 2.20. The van der Waals surface area contributed by atoms with Crippen LogP contribution in [0.5, 0.6) is 5.75 Å². The number of nitrogen functional groups attached to an aromatic ring is 1. The highest BCUT2D eigenvalue weighted by molar-refractivity contribution is 5.40. The van der Waals surface area contributed by atoms with Crippen molar-refractivity contribution in [2.24, 2.45) is 0 Å². The minimum Gasteiger partial charge on any atom is -0.503 e. The van der Waals surface area contributed by atoms with Gasteiger partial charge < -0.3 is 15.9 Å². The van der Waals surface area contributed by atoms with Gasteiger partial charge in [-0.15, -0.1) is 0 Å². The van der Waals surface area contributed by atoms with Crippen molar-refractivity contribution in [1.82, 2.24) is 4.98 Å². The first kappa shape index (κ1) is 7.74. The Balaban J connectivity index is 3.24. The normalized spacial score (nSPS) is 10.0. The summed E-state index contributed by atoms with van der Waals surface area (Å²) in [5.41, 5.74) is 5.17. The first-order valence-electron chi connectivity index (χ1n) is 2.90. The number of aliphatic hydroxyl groups excluding tert-OH is 1. The average molecular weight is 158 g/mol. The van der Waals surface area contributed by atoms with Gasteiger partial charge in [-0.1, -0.05) is 0 Å². The summed E-state index contributed by atoms with van der Waals surface area (Å²) in [6.07, 6.45) is 0. The number of hydrogen-bond acceptors (Lipinski definition) is 4. The molecule has 0 atom stereocenters. The van der Waals surface area contributed by atoms with E-state index >= 15 is 0 Å². The molecule has 0 saturated carbocycles. The van der Waals surface area contributed by atoms with Gasteiger partial charge in [-0.05, 0) is 6.07 Å². The van der Waals surface area contributed by atoms with E-state index in [1.54, 1.807) is 0 Å². The Morgan fingerprint density at radius 1 is 1.64 bits per heavy atom. The van der Waals surface area contributed by atoms with E-state index in [9.17, 15) is 4.39 Å². The number of rotatable bonds is 1. The minimum absolute atomic E-state index is 0.0370. The Kier molecular flexibility index (Phi) is 1.91. The molecule has 11 heavy (non-hydrogen) atoms. The highest BCUT2D eigenvalue weighted by atomic mass is 19.1. The fraction of sp³-hybridized carbons (Fsp3) is 0.167. The third kappa shape index (κ3) is 1.38. The summed E-state index contributed by atoms with van der Waals surface area (Å²) in [6, 6.07) is 1.21. The summed E-state index contributed by atoms with van der Waals surface area (Å²) in [4.78, 5) is 3.13. The van der Waals surface area contributed by atoms with Gasteiger partial charge in [0.2, 0.25) is 0 Å². The summed E-state index contributed by atoms with van der Waals surface area (Å²) < 4.78 is 12.5. The quantitative estimate of drug-likeness (QED) is 0.502. The molecule has 4 N–H and O–H groups in total. The van der Waals surface area contributed by atoms with Gasteiger partial charge in [0.1, 0.15) is 5.82 Å². The summed E-state index contributed by atoms with van der Waals surface area (Å²) in [5.74, 6) is -1.78. The Morgan fingerprint density at radius 3 is 2.82 bits per heavy atom. The average Bonchev–Trinajstić information content (AvgIpc) is 1.96. The maximum absolute atomic E-state index is 12.5. The molecular weight excluding hydrogens is 151 g/mol. The molecule has 0 amide bonds. The molecule has 0 spiro atoms. The molecule has 1 aromatic heterocycles. The predicted octanol–water partition coefficient (Wildman–Crippen LogP) is 0.000800. The van der Waals surface area contributed by atoms with Crippen molar-refractivity contribution in [3.8, 4) is 5.75 Å². The number of halogens is 1. The maximum Gasteiger partial charge on any atom is 0.257 e. The topological polar surface area (TPSA) is 79.4 Å². The molecule has 1 rings (SSSR count). The van der Waals surface area contributed by atoms with E-state index in [-0.39, 0.29) is 11.4 Å². The molecule has 0 bridgehead atoms. The molecule has 0 unspecified atom stereocenters. The van der Waals surface area contributed by atoms with Gasteiger partial charge in [0, 0.05) is 5.56 Å². The number of pyridine rings is 1. The zero-order valence-electron chi connectivity index (χ0n) is 5.58. The first-order chi connectivity index (χ1) is 5.15. The summed E-state index contributed by atoms with van der Waals surface area (Å²) in [7, 11) is 0. The predicted molar refractivity (Wildman–Crippen MR) is 36.2 cm³/mol. The number of aromatic hydroxyl groups is 1. The number of nitrogens with two attached hydrogens (primary N) is 1. The van der Waals surface area contributed by atoms with E-state index in [0.717, 1.165) is 0 Å². The Morgan fingerprint density at radius 2 is 2.27 bits per heavy atom. The van der Waals surface area contributed by atoms with Crippen LogP contribution in [0, 0.1) is 5.95 Å². The van der Waals surface area contributed by atoms with Crippen molar-refractivity contribution in [3.05, 3.63) is 17.6 Å². The van der Waals surface area contributed by atoms with E-state index in [1.807, 2.05) is 0 Å².